The third kappa shape index (κ3) is 3.27. The highest BCUT2D eigenvalue weighted by molar-refractivity contribution is 5.92. The molecule has 0 bridgehead atoms. The van der Waals surface area contributed by atoms with Crippen LogP contribution < -0.4 is 0 Å². The Morgan fingerprint density at radius 3 is 2.74 bits per heavy atom. The Bertz CT molecular complexity index is 442. The van der Waals surface area contributed by atoms with Gasteiger partial charge in [-0.2, -0.15) is 0 Å². The molecule has 0 N–H and O–H groups in total. The topological polar surface area (TPSA) is 72.4 Å². The van der Waals surface area contributed by atoms with E-state index in [1.165, 1.54) is 6.33 Å². The number of piperidine rings is 1. The normalized spacial score (nSPS) is 16.2. The molecule has 0 atom stereocenters. The molecule has 0 aromatic carbocycles. The van der Waals surface area contributed by atoms with Gasteiger partial charge in [0.1, 0.15) is 12.0 Å². The SMILES string of the molecule is CCOC(=O)C1CCN(C(=O)c2ccncn2)CC1. The van der Waals surface area contributed by atoms with Gasteiger partial charge in [-0.15, -0.1) is 0 Å². The first kappa shape index (κ1) is 13.5. The van der Waals surface area contributed by atoms with Crippen LogP contribution in [0.2, 0.25) is 0 Å². The van der Waals surface area contributed by atoms with Crippen molar-refractivity contribution < 1.29 is 14.3 Å². The fraction of sp³-hybridized carbons (Fsp3) is 0.538. The fourth-order valence-corrected chi connectivity index (χ4v) is 2.16. The monoisotopic (exact) mass is 263 g/mol. The molecule has 1 aromatic rings. The molecule has 2 heterocycles. The van der Waals surface area contributed by atoms with Crippen molar-refractivity contribution in [1.29, 1.82) is 0 Å². The van der Waals surface area contributed by atoms with E-state index in [2.05, 4.69) is 9.97 Å². The Balaban J connectivity index is 1.90. The molecular weight excluding hydrogens is 246 g/mol. The summed E-state index contributed by atoms with van der Waals surface area (Å²) < 4.78 is 5.00. The second kappa shape index (κ2) is 6.26. The largest absolute Gasteiger partial charge is 0.466 e. The van der Waals surface area contributed by atoms with Crippen LogP contribution >= 0.6 is 0 Å². The van der Waals surface area contributed by atoms with E-state index in [1.807, 2.05) is 0 Å². The molecule has 0 unspecified atom stereocenters. The molecule has 1 aromatic heterocycles. The van der Waals surface area contributed by atoms with Crippen molar-refractivity contribution in [1.82, 2.24) is 14.9 Å². The molecule has 102 valence electrons. The van der Waals surface area contributed by atoms with Gasteiger partial charge in [0, 0.05) is 19.3 Å². The average molecular weight is 263 g/mol. The van der Waals surface area contributed by atoms with Crippen LogP contribution in [0.5, 0.6) is 0 Å². The lowest BCUT2D eigenvalue weighted by atomic mass is 9.97. The van der Waals surface area contributed by atoms with Crippen molar-refractivity contribution in [3.8, 4) is 0 Å². The van der Waals surface area contributed by atoms with Crippen molar-refractivity contribution in [3.05, 3.63) is 24.3 Å². The third-order valence-corrected chi connectivity index (χ3v) is 3.20. The molecule has 1 aliphatic heterocycles. The predicted molar refractivity (Wildman–Crippen MR) is 67.3 cm³/mol. The highest BCUT2D eigenvalue weighted by Gasteiger charge is 2.28. The molecule has 0 saturated carbocycles. The first-order valence-corrected chi connectivity index (χ1v) is 6.44. The number of ether oxygens (including phenoxy) is 1. The predicted octanol–water partition coefficient (Wildman–Crippen LogP) is 0.892. The molecule has 1 amide bonds. The van der Waals surface area contributed by atoms with Gasteiger partial charge < -0.3 is 9.64 Å². The van der Waals surface area contributed by atoms with Gasteiger partial charge in [-0.1, -0.05) is 0 Å². The quantitative estimate of drug-likeness (QED) is 0.757. The molecule has 1 saturated heterocycles. The minimum Gasteiger partial charge on any atom is -0.466 e. The van der Waals surface area contributed by atoms with Gasteiger partial charge in [-0.25, -0.2) is 9.97 Å². The Labute approximate surface area is 111 Å². The molecule has 19 heavy (non-hydrogen) atoms. The number of hydrogen-bond donors (Lipinski definition) is 0. The van der Waals surface area contributed by atoms with Crippen LogP contribution in [0.4, 0.5) is 0 Å². The van der Waals surface area contributed by atoms with Gasteiger partial charge in [0.2, 0.25) is 0 Å². The maximum absolute atomic E-state index is 12.1. The van der Waals surface area contributed by atoms with Crippen LogP contribution in [-0.4, -0.2) is 46.4 Å². The Hall–Kier alpha value is -1.98. The van der Waals surface area contributed by atoms with Crippen molar-refractivity contribution >= 4 is 11.9 Å². The number of amides is 1. The molecule has 6 heteroatoms. The summed E-state index contributed by atoms with van der Waals surface area (Å²) in [6, 6.07) is 1.60. The van der Waals surface area contributed by atoms with Gasteiger partial charge in [-0.3, -0.25) is 9.59 Å². The van der Waals surface area contributed by atoms with Gasteiger partial charge >= 0.3 is 5.97 Å². The van der Waals surface area contributed by atoms with Crippen molar-refractivity contribution in [2.75, 3.05) is 19.7 Å². The molecule has 0 aliphatic carbocycles. The Morgan fingerprint density at radius 2 is 2.16 bits per heavy atom. The number of esters is 1. The zero-order valence-corrected chi connectivity index (χ0v) is 10.9. The lowest BCUT2D eigenvalue weighted by Crippen LogP contribution is -2.41. The van der Waals surface area contributed by atoms with Gasteiger partial charge in [0.25, 0.3) is 5.91 Å². The van der Waals surface area contributed by atoms with E-state index < -0.39 is 0 Å². The standard InChI is InChI=1S/C13H17N3O3/c1-2-19-13(18)10-4-7-16(8-5-10)12(17)11-3-6-14-9-15-11/h3,6,9-10H,2,4-5,7-8H2,1H3. The molecule has 2 rings (SSSR count). The van der Waals surface area contributed by atoms with E-state index in [-0.39, 0.29) is 17.8 Å². The number of aromatic nitrogens is 2. The fourth-order valence-electron chi connectivity index (χ4n) is 2.16. The molecule has 1 fully saturated rings. The zero-order chi connectivity index (χ0) is 13.7. The van der Waals surface area contributed by atoms with Gasteiger partial charge in [0.05, 0.1) is 12.5 Å². The molecule has 0 radical (unpaired) electrons. The number of rotatable bonds is 3. The molecular formula is C13H17N3O3. The lowest BCUT2D eigenvalue weighted by molar-refractivity contribution is -0.149. The Morgan fingerprint density at radius 1 is 1.42 bits per heavy atom. The van der Waals surface area contributed by atoms with Crippen LogP contribution in [0.3, 0.4) is 0 Å². The van der Waals surface area contributed by atoms with E-state index in [4.69, 9.17) is 4.74 Å². The van der Waals surface area contributed by atoms with Crippen LogP contribution in [0.15, 0.2) is 18.6 Å². The first-order chi connectivity index (χ1) is 9.22. The second-order valence-electron chi connectivity index (χ2n) is 4.41. The van der Waals surface area contributed by atoms with Crippen molar-refractivity contribution in [3.63, 3.8) is 0 Å². The van der Waals surface area contributed by atoms with Crippen LogP contribution in [0.25, 0.3) is 0 Å². The van der Waals surface area contributed by atoms with Crippen molar-refractivity contribution in [2.24, 2.45) is 5.92 Å². The number of carbonyl (C=O) groups is 2. The first-order valence-electron chi connectivity index (χ1n) is 6.44. The van der Waals surface area contributed by atoms with Gasteiger partial charge in [-0.05, 0) is 25.8 Å². The van der Waals surface area contributed by atoms with Crippen molar-refractivity contribution in [2.45, 2.75) is 19.8 Å². The van der Waals surface area contributed by atoms with E-state index in [0.717, 1.165) is 0 Å². The summed E-state index contributed by atoms with van der Waals surface area (Å²) >= 11 is 0. The molecule has 0 spiro atoms. The second-order valence-corrected chi connectivity index (χ2v) is 4.41. The number of hydrogen-bond acceptors (Lipinski definition) is 5. The average Bonchev–Trinajstić information content (AvgIpc) is 2.48. The lowest BCUT2D eigenvalue weighted by Gasteiger charge is -2.30. The number of nitrogens with zero attached hydrogens (tertiary/aromatic N) is 3. The smallest absolute Gasteiger partial charge is 0.309 e. The van der Waals surface area contributed by atoms with E-state index in [1.54, 1.807) is 24.1 Å². The molecule has 6 nitrogen and oxygen atoms in total. The summed E-state index contributed by atoms with van der Waals surface area (Å²) in [6.07, 6.45) is 4.20. The number of carbonyl (C=O) groups excluding carboxylic acids is 2. The summed E-state index contributed by atoms with van der Waals surface area (Å²) in [5.41, 5.74) is 0.393. The minimum atomic E-state index is -0.156. The van der Waals surface area contributed by atoms with Gasteiger partial charge in [0.15, 0.2) is 0 Å². The number of likely N-dealkylation sites (tertiary alicyclic amines) is 1. The third-order valence-electron chi connectivity index (χ3n) is 3.20. The maximum Gasteiger partial charge on any atom is 0.309 e. The summed E-state index contributed by atoms with van der Waals surface area (Å²) in [6.45, 7) is 3.32. The van der Waals surface area contributed by atoms with Crippen LogP contribution in [0, 0.1) is 5.92 Å². The zero-order valence-electron chi connectivity index (χ0n) is 10.9. The van der Waals surface area contributed by atoms with E-state index in [0.29, 0.717) is 38.2 Å². The summed E-state index contributed by atoms with van der Waals surface area (Å²) in [5.74, 6) is -0.351. The summed E-state index contributed by atoms with van der Waals surface area (Å²) in [4.78, 5) is 33.2. The Kier molecular flexibility index (Phi) is 4.43. The molecule has 1 aliphatic rings. The maximum atomic E-state index is 12.1. The van der Waals surface area contributed by atoms with Crippen LogP contribution in [0.1, 0.15) is 30.3 Å². The van der Waals surface area contributed by atoms with E-state index >= 15 is 0 Å². The minimum absolute atomic E-state index is 0.0885. The summed E-state index contributed by atoms with van der Waals surface area (Å²) in [7, 11) is 0. The highest BCUT2D eigenvalue weighted by Crippen LogP contribution is 2.19. The van der Waals surface area contributed by atoms with Crippen LogP contribution in [-0.2, 0) is 9.53 Å². The highest BCUT2D eigenvalue weighted by atomic mass is 16.5. The summed E-state index contributed by atoms with van der Waals surface area (Å²) in [5, 5.41) is 0. The van der Waals surface area contributed by atoms with E-state index in [9.17, 15) is 9.59 Å².